The smallest absolute Gasteiger partial charge is 0.130 e. The molecule has 0 saturated heterocycles. The van der Waals surface area contributed by atoms with Crippen LogP contribution in [0.2, 0.25) is 0 Å². The number of hydrogen-bond acceptors (Lipinski definition) is 7. The third-order valence-corrected chi connectivity index (χ3v) is 6.13. The van der Waals surface area contributed by atoms with Gasteiger partial charge in [0, 0.05) is 24.0 Å². The Bertz CT molecular complexity index is 1360. The summed E-state index contributed by atoms with van der Waals surface area (Å²) in [5.74, 6) is 2.35. The highest BCUT2D eigenvalue weighted by Crippen LogP contribution is 2.28. The van der Waals surface area contributed by atoms with E-state index in [4.69, 9.17) is 4.74 Å². The molecule has 0 amide bonds. The van der Waals surface area contributed by atoms with Crippen molar-refractivity contribution in [2.45, 2.75) is 26.4 Å². The van der Waals surface area contributed by atoms with E-state index in [2.05, 4.69) is 56.6 Å². The van der Waals surface area contributed by atoms with Crippen LogP contribution in [0.5, 0.6) is 5.75 Å². The predicted molar refractivity (Wildman–Crippen MR) is 132 cm³/mol. The van der Waals surface area contributed by atoms with Gasteiger partial charge in [-0.2, -0.15) is 5.10 Å². The van der Waals surface area contributed by atoms with Gasteiger partial charge in [-0.1, -0.05) is 18.2 Å². The number of ether oxygens (including phenoxy) is 1. The van der Waals surface area contributed by atoms with Crippen molar-refractivity contribution in [1.82, 2.24) is 24.7 Å². The molecule has 0 aliphatic heterocycles. The van der Waals surface area contributed by atoms with Gasteiger partial charge >= 0.3 is 0 Å². The van der Waals surface area contributed by atoms with Crippen molar-refractivity contribution in [3.8, 4) is 17.0 Å². The maximum Gasteiger partial charge on any atom is 0.130 e. The summed E-state index contributed by atoms with van der Waals surface area (Å²) in [5, 5.41) is 7.72. The molecule has 1 N–H and O–H groups in total. The van der Waals surface area contributed by atoms with Crippen LogP contribution in [-0.2, 0) is 6.54 Å². The van der Waals surface area contributed by atoms with Crippen LogP contribution in [0.3, 0.4) is 0 Å². The maximum absolute atomic E-state index is 5.93. The van der Waals surface area contributed by atoms with Crippen molar-refractivity contribution in [1.29, 1.82) is 0 Å². The van der Waals surface area contributed by atoms with Crippen molar-refractivity contribution in [3.63, 3.8) is 0 Å². The van der Waals surface area contributed by atoms with E-state index in [-0.39, 0.29) is 6.04 Å². The second kappa shape index (κ2) is 9.38. The third kappa shape index (κ3) is 5.01. The van der Waals surface area contributed by atoms with Gasteiger partial charge in [0.2, 0.25) is 0 Å². The molecule has 0 saturated carbocycles. The molecule has 3 aromatic heterocycles. The van der Waals surface area contributed by atoms with Gasteiger partial charge in [-0.3, -0.25) is 4.68 Å². The molecule has 2 aromatic carbocycles. The molecule has 3 heterocycles. The Morgan fingerprint density at radius 1 is 1.09 bits per heavy atom. The van der Waals surface area contributed by atoms with E-state index in [9.17, 15) is 0 Å². The first-order chi connectivity index (χ1) is 16.1. The molecule has 7 nitrogen and oxygen atoms in total. The summed E-state index contributed by atoms with van der Waals surface area (Å²) in [5.41, 5.74) is 5.94. The van der Waals surface area contributed by atoms with Crippen molar-refractivity contribution in [2.75, 3.05) is 11.9 Å². The molecule has 33 heavy (non-hydrogen) atoms. The Kier molecular flexibility index (Phi) is 5.99. The van der Waals surface area contributed by atoms with Gasteiger partial charge < -0.3 is 10.1 Å². The van der Waals surface area contributed by atoms with Gasteiger partial charge in [0.15, 0.2) is 0 Å². The molecule has 166 valence electrons. The molecule has 5 aromatic rings. The number of aryl methyl sites for hydroxylation is 1. The Hall–Kier alpha value is -3.78. The lowest BCUT2D eigenvalue weighted by molar-refractivity contribution is 0.291. The summed E-state index contributed by atoms with van der Waals surface area (Å²) < 4.78 is 8.93. The lowest BCUT2D eigenvalue weighted by Crippen LogP contribution is -2.11. The summed E-state index contributed by atoms with van der Waals surface area (Å²) in [7, 11) is 0. The maximum atomic E-state index is 5.93. The lowest BCUT2D eigenvalue weighted by atomic mass is 10.1. The van der Waals surface area contributed by atoms with Crippen molar-refractivity contribution in [3.05, 3.63) is 83.9 Å². The minimum Gasteiger partial charge on any atom is -0.492 e. The summed E-state index contributed by atoms with van der Waals surface area (Å²) in [6, 6.07) is 18.3. The molecule has 5 rings (SSSR count). The third-order valence-electron chi connectivity index (χ3n) is 5.34. The molecular formula is C25H24N6OS. The van der Waals surface area contributed by atoms with Gasteiger partial charge in [0.05, 0.1) is 34.0 Å². The molecule has 8 heteroatoms. The molecule has 0 bridgehead atoms. The molecule has 1 unspecified atom stereocenters. The highest BCUT2D eigenvalue weighted by atomic mass is 32.1. The summed E-state index contributed by atoms with van der Waals surface area (Å²) in [4.78, 5) is 13.6. The van der Waals surface area contributed by atoms with Gasteiger partial charge in [0.25, 0.3) is 0 Å². The normalized spacial score (nSPS) is 12.1. The van der Waals surface area contributed by atoms with Crippen LogP contribution in [0.4, 0.5) is 5.82 Å². The van der Waals surface area contributed by atoms with Crippen molar-refractivity contribution >= 4 is 27.4 Å². The largest absolute Gasteiger partial charge is 0.492 e. The highest BCUT2D eigenvalue weighted by Gasteiger charge is 2.11. The number of anilines is 1. The quantitative estimate of drug-likeness (QED) is 0.332. The van der Waals surface area contributed by atoms with Gasteiger partial charge in [0.1, 0.15) is 24.0 Å². The number of fused-ring (bicyclic) bond motifs is 1. The molecule has 0 aliphatic carbocycles. The van der Waals surface area contributed by atoms with Crippen LogP contribution >= 0.6 is 11.3 Å². The van der Waals surface area contributed by atoms with E-state index in [1.54, 1.807) is 17.5 Å². The summed E-state index contributed by atoms with van der Waals surface area (Å²) >= 11 is 1.63. The minimum absolute atomic E-state index is 0.0470. The molecule has 1 atom stereocenters. The first-order valence-corrected chi connectivity index (χ1v) is 11.7. The van der Waals surface area contributed by atoms with Crippen LogP contribution in [0.15, 0.2) is 72.5 Å². The summed E-state index contributed by atoms with van der Waals surface area (Å²) in [6.07, 6.45) is 3.70. The Morgan fingerprint density at radius 2 is 2.03 bits per heavy atom. The molecule has 0 radical (unpaired) electrons. The zero-order chi connectivity index (χ0) is 22.6. The minimum atomic E-state index is 0.0470. The first-order valence-electron chi connectivity index (χ1n) is 10.8. The van der Waals surface area contributed by atoms with Crippen LogP contribution in [-0.4, -0.2) is 31.3 Å². The Morgan fingerprint density at radius 3 is 2.91 bits per heavy atom. The van der Waals surface area contributed by atoms with Crippen LogP contribution in [0.1, 0.15) is 24.4 Å². The number of nitrogens with zero attached hydrogens (tertiary/aromatic N) is 5. The van der Waals surface area contributed by atoms with Gasteiger partial charge in [-0.25, -0.2) is 15.0 Å². The van der Waals surface area contributed by atoms with Crippen LogP contribution in [0, 0.1) is 6.92 Å². The van der Waals surface area contributed by atoms with Crippen LogP contribution in [0.25, 0.3) is 21.5 Å². The average molecular weight is 457 g/mol. The van der Waals surface area contributed by atoms with Gasteiger partial charge in [-0.15, -0.1) is 11.3 Å². The van der Waals surface area contributed by atoms with E-state index in [0.717, 1.165) is 44.4 Å². The number of hydrogen-bond donors (Lipinski definition) is 1. The monoisotopic (exact) mass is 456 g/mol. The Balaban J connectivity index is 1.29. The van der Waals surface area contributed by atoms with E-state index < -0.39 is 0 Å². The zero-order valence-electron chi connectivity index (χ0n) is 18.5. The molecule has 0 fully saturated rings. The fourth-order valence-corrected chi connectivity index (χ4v) is 4.39. The number of benzene rings is 2. The predicted octanol–water partition coefficient (Wildman–Crippen LogP) is 5.51. The second-order valence-corrected chi connectivity index (χ2v) is 8.66. The first kappa shape index (κ1) is 21.1. The Labute approximate surface area is 196 Å². The highest BCUT2D eigenvalue weighted by molar-refractivity contribution is 7.16. The van der Waals surface area contributed by atoms with E-state index in [1.165, 1.54) is 0 Å². The number of nitrogens with one attached hydrogen (secondary N) is 1. The molecular weight excluding hydrogens is 432 g/mol. The summed E-state index contributed by atoms with van der Waals surface area (Å²) in [6.45, 7) is 5.30. The zero-order valence-corrected chi connectivity index (χ0v) is 19.3. The fraction of sp³-hybridized carbons (Fsp3) is 0.200. The topological polar surface area (TPSA) is 77.8 Å². The SMILES string of the molecule is Cc1nc(NC(C)c2cccc(OCCn3cccn3)c2)cc(-c2ccc3ncsc3c2)n1. The average Bonchev–Trinajstić information content (AvgIpc) is 3.50. The van der Waals surface area contributed by atoms with Gasteiger partial charge in [-0.05, 0) is 49.7 Å². The molecule has 0 spiro atoms. The standard InChI is InChI=1S/C25H24N6OS/c1-17(19-5-3-6-21(13-19)32-12-11-31-10-4-9-27-31)28-25-15-23(29-18(2)30-25)20-7-8-22-24(14-20)33-16-26-22/h3-10,13-17H,11-12H2,1-2H3,(H,28,29,30). The van der Waals surface area contributed by atoms with Crippen molar-refractivity contribution in [2.24, 2.45) is 0 Å². The molecule has 0 aliphatic rings. The number of aromatic nitrogens is 5. The van der Waals surface area contributed by atoms with Crippen molar-refractivity contribution < 1.29 is 4.74 Å². The number of rotatable bonds is 8. The van der Waals surface area contributed by atoms with E-state index in [1.807, 2.05) is 53.6 Å². The lowest BCUT2D eigenvalue weighted by Gasteiger charge is -2.17. The fourth-order valence-electron chi connectivity index (χ4n) is 3.67. The van der Waals surface area contributed by atoms with E-state index in [0.29, 0.717) is 13.2 Å². The van der Waals surface area contributed by atoms with Crippen LogP contribution < -0.4 is 10.1 Å². The second-order valence-electron chi connectivity index (χ2n) is 7.78. The number of thiazole rings is 1. The van der Waals surface area contributed by atoms with E-state index >= 15 is 0 Å².